The van der Waals surface area contributed by atoms with Crippen molar-refractivity contribution in [2.24, 2.45) is 0 Å². The first-order valence-electron chi connectivity index (χ1n) is 10.0. The Bertz CT molecular complexity index is 813. The summed E-state index contributed by atoms with van der Waals surface area (Å²) in [6.07, 6.45) is -11.2. The first-order chi connectivity index (χ1) is 15.3. The molecule has 0 atom stereocenters. The zero-order valence-electron chi connectivity index (χ0n) is 21.1. The van der Waals surface area contributed by atoms with Gasteiger partial charge in [-0.25, -0.2) is 0 Å². The lowest BCUT2D eigenvalue weighted by Gasteiger charge is -2.34. The van der Waals surface area contributed by atoms with Crippen LogP contribution in [0.3, 0.4) is 0 Å². The summed E-state index contributed by atoms with van der Waals surface area (Å²) in [6.45, 7) is 19.2. The fourth-order valence-electron chi connectivity index (χ4n) is 3.35. The molecular formula is C11H34O13Si11. The van der Waals surface area contributed by atoms with E-state index in [1.165, 1.54) is 0 Å². The van der Waals surface area contributed by atoms with Crippen LogP contribution in [0.2, 0.25) is 52.4 Å². The second-order valence-electron chi connectivity index (χ2n) is 10.2. The minimum atomic E-state index is -5.60. The molecule has 0 unspecified atom stereocenters. The van der Waals surface area contributed by atoms with Gasteiger partial charge in [-0.3, -0.25) is 0 Å². The molecule has 0 aromatic carbocycles. The van der Waals surface area contributed by atoms with Crippen molar-refractivity contribution in [1.82, 2.24) is 0 Å². The second kappa shape index (κ2) is 13.0. The van der Waals surface area contributed by atoms with E-state index in [1.807, 2.05) is 7.11 Å². The van der Waals surface area contributed by atoms with E-state index in [-0.39, 0.29) is 0 Å². The first-order valence-corrected chi connectivity index (χ1v) is 39.1. The maximum Gasteiger partial charge on any atom is 0.483 e. The lowest BCUT2D eigenvalue weighted by Crippen LogP contribution is -2.91. The molecule has 35 heavy (non-hydrogen) atoms. The van der Waals surface area contributed by atoms with E-state index >= 15 is 0 Å². The molecule has 0 heterocycles. The van der Waals surface area contributed by atoms with Crippen LogP contribution in [0, 0.1) is 0 Å². The largest absolute Gasteiger partial charge is 0.542 e. The van der Waals surface area contributed by atoms with Crippen LogP contribution in [0.4, 0.5) is 0 Å². The normalized spacial score (nSPS) is 13.2. The summed E-state index contributed by atoms with van der Waals surface area (Å²) in [4.78, 5) is 56.7. The molecule has 6 N–H and O–H groups in total. The minimum absolute atomic E-state index is 1.13. The predicted molar refractivity (Wildman–Crippen MR) is 143 cm³/mol. The van der Waals surface area contributed by atoms with E-state index in [4.69, 9.17) is 33.2 Å². The van der Waals surface area contributed by atoms with Crippen LogP contribution in [0.5, 0.6) is 0 Å². The van der Waals surface area contributed by atoms with Gasteiger partial charge in [-0.05, 0) is 13.1 Å². The van der Waals surface area contributed by atoms with Crippen molar-refractivity contribution >= 4 is 87.4 Å². The predicted octanol–water partition coefficient (Wildman–Crippen LogP) is -3.04. The van der Waals surface area contributed by atoms with Gasteiger partial charge in [0.1, 0.15) is 0 Å². The van der Waals surface area contributed by atoms with Crippen LogP contribution in [-0.4, -0.2) is 123 Å². The summed E-state index contributed by atoms with van der Waals surface area (Å²) in [7, 11) is -29.1. The quantitative estimate of drug-likeness (QED) is 0.119. The molecule has 0 bridgehead atoms. The summed E-state index contributed by atoms with van der Waals surface area (Å²) in [5, 5.41) is 0. The van der Waals surface area contributed by atoms with Crippen LogP contribution in [0.15, 0.2) is 10.5 Å². The van der Waals surface area contributed by atoms with Gasteiger partial charge < -0.3 is 60.0 Å². The summed E-state index contributed by atoms with van der Waals surface area (Å²) in [5.41, 5.74) is 2.61. The van der Waals surface area contributed by atoms with E-state index in [2.05, 4.69) is 58.1 Å². The zero-order valence-corrected chi connectivity index (χ0v) is 32.1. The third-order valence-corrected chi connectivity index (χ3v) is 110. The minimum Gasteiger partial charge on any atom is -0.542 e. The molecule has 0 saturated heterocycles. The molecule has 0 aromatic heterocycles. The van der Waals surface area contributed by atoms with Gasteiger partial charge in [0.05, 0.1) is 16.1 Å². The van der Waals surface area contributed by atoms with E-state index < -0.39 is 87.4 Å². The Labute approximate surface area is 216 Å². The summed E-state index contributed by atoms with van der Waals surface area (Å²) >= 11 is 0. The molecule has 0 aliphatic heterocycles. The van der Waals surface area contributed by atoms with Gasteiger partial charge in [0, 0.05) is 7.11 Å². The summed E-state index contributed by atoms with van der Waals surface area (Å²) in [5.74, 6) is 0. The van der Waals surface area contributed by atoms with Crippen LogP contribution >= 0.6 is 0 Å². The van der Waals surface area contributed by atoms with Gasteiger partial charge in [0.2, 0.25) is 8.32 Å². The standard InChI is InChI=1S/C11H28OSi3.H6O12Si8/c1-12-15(8,9)11(14(5,6)7)10-13(2,3)4;1-13(2)19(14(3)4,15(5)6)20(16(7)8,17(9)10)18(11)12/h10H,1-9H3;1,3,5,7,9,11H/b11-10+;. The number of hydrogen-bond donors (Lipinski definition) is 6. The highest BCUT2D eigenvalue weighted by molar-refractivity contribution is 8.14. The molecule has 13 nitrogen and oxygen atoms in total. The molecule has 200 valence electrons. The van der Waals surface area contributed by atoms with Gasteiger partial charge in [0.25, 0.3) is 0 Å². The Kier molecular flexibility index (Phi) is 13.6. The Balaban J connectivity index is 0. The topological polar surface area (TPSA) is 233 Å². The fourth-order valence-corrected chi connectivity index (χ4v) is 109. The molecule has 0 rings (SSSR count). The maximum absolute atomic E-state index is 11.4. The molecule has 0 saturated carbocycles. The molecule has 0 amide bonds. The average molecular weight is 683 g/mol. The Morgan fingerprint density at radius 3 is 0.914 bits per heavy atom. The molecular weight excluding hydrogens is 649 g/mol. The highest BCUT2D eigenvalue weighted by atomic mass is 30.4. The van der Waals surface area contributed by atoms with E-state index in [9.17, 15) is 26.8 Å². The van der Waals surface area contributed by atoms with Crippen molar-refractivity contribution in [3.8, 4) is 0 Å². The van der Waals surface area contributed by atoms with Crippen LogP contribution in [0.1, 0.15) is 0 Å². The molecule has 0 aromatic rings. The van der Waals surface area contributed by atoms with Crippen molar-refractivity contribution in [2.45, 2.75) is 52.4 Å². The van der Waals surface area contributed by atoms with Crippen molar-refractivity contribution in [3.05, 3.63) is 10.5 Å². The molecule has 0 fully saturated rings. The van der Waals surface area contributed by atoms with E-state index in [0.29, 0.717) is 0 Å². The molecule has 0 radical (unpaired) electrons. The van der Waals surface area contributed by atoms with E-state index in [0.717, 1.165) is 0 Å². The third kappa shape index (κ3) is 8.08. The highest BCUT2D eigenvalue weighted by Crippen LogP contribution is 2.28. The van der Waals surface area contributed by atoms with Crippen LogP contribution in [-0.2, 0) is 31.2 Å². The lowest BCUT2D eigenvalue weighted by atomic mass is 11.2. The first kappa shape index (κ1) is 36.8. The van der Waals surface area contributed by atoms with Gasteiger partial charge in [-0.1, -0.05) is 44.1 Å². The Morgan fingerprint density at radius 1 is 0.571 bits per heavy atom. The SMILES string of the molecule is CO[Si](C)(C)/C(=C/[Si](C)(C)C)[Si](C)(C)C.O=[Si](O)[Si]([Si](=O)O)([Si](=O)O)[Si]([Si](=O)O)([Si](=O)O)[Si](=O)O. The number of rotatable bonds is 11. The average Bonchev–Trinajstić information content (AvgIpc) is 2.60. The number of hydrogen-bond acceptors (Lipinski definition) is 7. The van der Waals surface area contributed by atoms with Gasteiger partial charge in [-0.15, -0.1) is 5.70 Å². The smallest absolute Gasteiger partial charge is 0.483 e. The Hall–Kier alpha value is -0.314. The molecule has 0 aliphatic carbocycles. The zero-order chi connectivity index (χ0) is 29.0. The van der Waals surface area contributed by atoms with Crippen LogP contribution in [0.25, 0.3) is 0 Å². The van der Waals surface area contributed by atoms with Gasteiger partial charge in [0.15, 0.2) is 0 Å². The van der Waals surface area contributed by atoms with Crippen molar-refractivity contribution < 1.29 is 60.0 Å². The molecule has 0 aliphatic rings. The molecule has 0 spiro atoms. The van der Waals surface area contributed by atoms with Gasteiger partial charge >= 0.3 is 63.0 Å². The second-order valence-corrected chi connectivity index (χ2v) is 75.1. The molecule has 24 heteroatoms. The Morgan fingerprint density at radius 2 is 0.800 bits per heavy atom. The van der Waals surface area contributed by atoms with E-state index in [1.54, 1.807) is 4.82 Å². The fraction of sp³-hybridized carbons (Fsp3) is 0.818. The lowest BCUT2D eigenvalue weighted by molar-refractivity contribution is 0.414. The maximum atomic E-state index is 11.4. The summed E-state index contributed by atoms with van der Waals surface area (Å²) < 4.78 is 74.1. The van der Waals surface area contributed by atoms with Crippen molar-refractivity contribution in [3.63, 3.8) is 0 Å². The van der Waals surface area contributed by atoms with Crippen molar-refractivity contribution in [1.29, 1.82) is 0 Å². The van der Waals surface area contributed by atoms with Crippen LogP contribution < -0.4 is 0 Å². The van der Waals surface area contributed by atoms with Crippen molar-refractivity contribution in [2.75, 3.05) is 7.11 Å². The highest BCUT2D eigenvalue weighted by Gasteiger charge is 2.91. The monoisotopic (exact) mass is 682 g/mol. The third-order valence-electron chi connectivity index (χ3n) is 5.03. The summed E-state index contributed by atoms with van der Waals surface area (Å²) in [6, 6.07) is 0. The van der Waals surface area contributed by atoms with Gasteiger partial charge in [-0.2, -0.15) is 0 Å².